The molecular formula is C22H23ClO2. The number of hydrogen-bond acceptors (Lipinski definition) is 2. The number of unbranched alkanes of at least 4 members (excludes halogenated alkanes) is 1. The Morgan fingerprint density at radius 2 is 1.44 bits per heavy atom. The van der Waals surface area contributed by atoms with Crippen LogP contribution >= 0.6 is 11.6 Å². The summed E-state index contributed by atoms with van der Waals surface area (Å²) in [4.78, 5) is 11.5. The smallest absolute Gasteiger partial charge is 0.330 e. The number of ether oxygens (including phenoxy) is 1. The number of hydrogen-bond donors (Lipinski definition) is 0. The second kappa shape index (κ2) is 10.5. The minimum absolute atomic E-state index is 0.294. The topological polar surface area (TPSA) is 26.3 Å². The van der Waals surface area contributed by atoms with Crippen LogP contribution in [-0.4, -0.2) is 12.6 Å². The lowest BCUT2D eigenvalue weighted by Crippen LogP contribution is -2.01. The van der Waals surface area contributed by atoms with Gasteiger partial charge in [-0.2, -0.15) is 0 Å². The molecule has 0 aliphatic carbocycles. The van der Waals surface area contributed by atoms with Crippen molar-refractivity contribution in [1.82, 2.24) is 0 Å². The predicted molar refractivity (Wildman–Crippen MR) is 106 cm³/mol. The van der Waals surface area contributed by atoms with E-state index in [1.54, 1.807) is 6.08 Å². The lowest BCUT2D eigenvalue weighted by Gasteiger charge is -2.00. The molecule has 25 heavy (non-hydrogen) atoms. The highest BCUT2D eigenvalue weighted by Crippen LogP contribution is 2.12. The van der Waals surface area contributed by atoms with E-state index in [0.717, 1.165) is 35.1 Å². The van der Waals surface area contributed by atoms with Crippen LogP contribution in [0.15, 0.2) is 54.6 Å². The standard InChI is InChI=1S/C22H23ClO2/c1-2-3-16-25-22(24)15-14-20-8-6-18(7-9-20)4-5-19-10-12-21(17-23)13-11-19/h4-15H,2-3,16-17H2,1H3/b5-4+,15-14+. The Balaban J connectivity index is 1.90. The maximum Gasteiger partial charge on any atom is 0.330 e. The van der Waals surface area contributed by atoms with Gasteiger partial charge in [0.1, 0.15) is 0 Å². The third kappa shape index (κ3) is 6.98. The van der Waals surface area contributed by atoms with E-state index in [0.29, 0.717) is 12.5 Å². The van der Waals surface area contributed by atoms with Gasteiger partial charge < -0.3 is 4.74 Å². The van der Waals surface area contributed by atoms with Crippen LogP contribution in [0.25, 0.3) is 18.2 Å². The van der Waals surface area contributed by atoms with Crippen molar-refractivity contribution in [3.63, 3.8) is 0 Å². The molecule has 2 aromatic rings. The van der Waals surface area contributed by atoms with Crippen LogP contribution in [0.4, 0.5) is 0 Å². The van der Waals surface area contributed by atoms with Crippen LogP contribution in [0.1, 0.15) is 42.0 Å². The molecule has 0 atom stereocenters. The molecule has 2 rings (SSSR count). The lowest BCUT2D eigenvalue weighted by molar-refractivity contribution is -0.137. The maximum atomic E-state index is 11.5. The van der Waals surface area contributed by atoms with Gasteiger partial charge in [0.15, 0.2) is 0 Å². The number of halogens is 1. The molecule has 0 radical (unpaired) electrons. The molecule has 0 N–H and O–H groups in total. The zero-order chi connectivity index (χ0) is 17.9. The summed E-state index contributed by atoms with van der Waals surface area (Å²) in [6.07, 6.45) is 9.28. The molecule has 2 nitrogen and oxygen atoms in total. The molecule has 0 saturated heterocycles. The summed E-state index contributed by atoms with van der Waals surface area (Å²) in [6.45, 7) is 2.55. The van der Waals surface area contributed by atoms with Crippen LogP contribution in [0.2, 0.25) is 0 Å². The van der Waals surface area contributed by atoms with Crippen molar-refractivity contribution in [2.75, 3.05) is 6.61 Å². The molecule has 0 aromatic heterocycles. The Morgan fingerprint density at radius 3 is 1.96 bits per heavy atom. The highest BCUT2D eigenvalue weighted by atomic mass is 35.5. The molecule has 3 heteroatoms. The highest BCUT2D eigenvalue weighted by Gasteiger charge is 1.96. The quantitative estimate of drug-likeness (QED) is 0.192. The van der Waals surface area contributed by atoms with Gasteiger partial charge in [-0.3, -0.25) is 0 Å². The first-order chi connectivity index (χ1) is 12.2. The van der Waals surface area contributed by atoms with Crippen LogP contribution in [0, 0.1) is 0 Å². The molecule has 0 bridgehead atoms. The van der Waals surface area contributed by atoms with E-state index >= 15 is 0 Å². The Hall–Kier alpha value is -2.32. The van der Waals surface area contributed by atoms with Crippen LogP contribution in [0.3, 0.4) is 0 Å². The molecule has 0 heterocycles. The molecule has 0 fully saturated rings. The van der Waals surface area contributed by atoms with E-state index in [9.17, 15) is 4.79 Å². The minimum atomic E-state index is -0.294. The molecular weight excluding hydrogens is 332 g/mol. The fraction of sp³-hybridized carbons (Fsp3) is 0.227. The van der Waals surface area contributed by atoms with Gasteiger partial charge in [0.2, 0.25) is 0 Å². The molecule has 0 amide bonds. The first kappa shape index (κ1) is 19.0. The van der Waals surface area contributed by atoms with Crippen molar-refractivity contribution in [3.8, 4) is 0 Å². The maximum absolute atomic E-state index is 11.5. The van der Waals surface area contributed by atoms with Gasteiger partial charge in [-0.25, -0.2) is 4.79 Å². The van der Waals surface area contributed by atoms with Crippen molar-refractivity contribution in [2.45, 2.75) is 25.6 Å². The van der Waals surface area contributed by atoms with Crippen molar-refractivity contribution in [2.24, 2.45) is 0 Å². The number of carbonyl (C=O) groups excluding carboxylic acids is 1. The number of benzene rings is 2. The zero-order valence-corrected chi connectivity index (χ0v) is 15.2. The number of carbonyl (C=O) groups is 1. The van der Waals surface area contributed by atoms with Crippen molar-refractivity contribution in [1.29, 1.82) is 0 Å². The van der Waals surface area contributed by atoms with Gasteiger partial charge in [0, 0.05) is 12.0 Å². The summed E-state index contributed by atoms with van der Waals surface area (Å²) in [6, 6.07) is 16.2. The monoisotopic (exact) mass is 354 g/mol. The fourth-order valence-electron chi connectivity index (χ4n) is 2.16. The van der Waals surface area contributed by atoms with Crippen LogP contribution < -0.4 is 0 Å². The Kier molecular flexibility index (Phi) is 8.00. The minimum Gasteiger partial charge on any atom is -0.463 e. The normalized spacial score (nSPS) is 11.3. The Bertz CT molecular complexity index is 713. The SMILES string of the molecule is CCCCOC(=O)/C=C/c1ccc(/C=C/c2ccc(CCl)cc2)cc1. The Morgan fingerprint density at radius 1 is 0.920 bits per heavy atom. The summed E-state index contributed by atoms with van der Waals surface area (Å²) in [5.74, 6) is 0.239. The molecule has 0 spiro atoms. The number of rotatable bonds is 8. The lowest BCUT2D eigenvalue weighted by atomic mass is 10.1. The van der Waals surface area contributed by atoms with Crippen molar-refractivity contribution in [3.05, 3.63) is 76.9 Å². The summed E-state index contributed by atoms with van der Waals surface area (Å²) in [5, 5.41) is 0. The molecule has 0 unspecified atom stereocenters. The first-order valence-electron chi connectivity index (χ1n) is 8.49. The fourth-order valence-corrected chi connectivity index (χ4v) is 2.34. The van der Waals surface area contributed by atoms with Gasteiger partial charge in [-0.15, -0.1) is 11.6 Å². The summed E-state index contributed by atoms with van der Waals surface area (Å²) < 4.78 is 5.09. The van der Waals surface area contributed by atoms with Gasteiger partial charge in [-0.05, 0) is 34.8 Å². The largest absolute Gasteiger partial charge is 0.463 e. The second-order valence-electron chi connectivity index (χ2n) is 5.73. The van der Waals surface area contributed by atoms with Gasteiger partial charge in [0.05, 0.1) is 6.61 Å². The summed E-state index contributed by atoms with van der Waals surface area (Å²) in [5.41, 5.74) is 4.32. The number of alkyl halides is 1. The highest BCUT2D eigenvalue weighted by molar-refractivity contribution is 6.17. The molecule has 0 aliphatic heterocycles. The van der Waals surface area contributed by atoms with Crippen molar-refractivity contribution < 1.29 is 9.53 Å². The average Bonchev–Trinajstić information content (AvgIpc) is 2.66. The van der Waals surface area contributed by atoms with E-state index in [1.807, 2.05) is 36.4 Å². The third-order valence-electron chi connectivity index (χ3n) is 3.69. The van der Waals surface area contributed by atoms with E-state index in [4.69, 9.17) is 16.3 Å². The van der Waals surface area contributed by atoms with E-state index in [2.05, 4.69) is 31.2 Å². The molecule has 2 aromatic carbocycles. The van der Waals surface area contributed by atoms with E-state index in [-0.39, 0.29) is 5.97 Å². The Labute approximate surface area is 154 Å². The third-order valence-corrected chi connectivity index (χ3v) is 4.00. The molecule has 0 saturated carbocycles. The summed E-state index contributed by atoms with van der Waals surface area (Å²) >= 11 is 5.79. The van der Waals surface area contributed by atoms with Crippen LogP contribution in [0.5, 0.6) is 0 Å². The molecule has 130 valence electrons. The first-order valence-corrected chi connectivity index (χ1v) is 9.02. The molecule has 0 aliphatic rings. The predicted octanol–water partition coefficient (Wildman–Crippen LogP) is 5.95. The van der Waals surface area contributed by atoms with Gasteiger partial charge in [-0.1, -0.05) is 74.0 Å². The van der Waals surface area contributed by atoms with Gasteiger partial charge >= 0.3 is 5.97 Å². The van der Waals surface area contributed by atoms with Gasteiger partial charge in [0.25, 0.3) is 0 Å². The van der Waals surface area contributed by atoms with E-state index < -0.39 is 0 Å². The second-order valence-corrected chi connectivity index (χ2v) is 6.00. The average molecular weight is 355 g/mol. The van der Waals surface area contributed by atoms with E-state index in [1.165, 1.54) is 6.08 Å². The summed E-state index contributed by atoms with van der Waals surface area (Å²) in [7, 11) is 0. The van der Waals surface area contributed by atoms with Crippen LogP contribution in [-0.2, 0) is 15.4 Å². The number of esters is 1. The zero-order valence-electron chi connectivity index (χ0n) is 14.5. The van der Waals surface area contributed by atoms with Crippen molar-refractivity contribution >= 4 is 35.8 Å².